The summed E-state index contributed by atoms with van der Waals surface area (Å²) >= 11 is 0. The second kappa shape index (κ2) is 15.1. The van der Waals surface area contributed by atoms with Crippen LogP contribution in [0, 0.1) is 6.92 Å². The monoisotopic (exact) mass is 946 g/mol. The molecule has 0 fully saturated rings. The maximum atomic E-state index is 2.72. The molecule has 0 bridgehead atoms. The molecule has 7 aromatic carbocycles. The molecule has 0 spiro atoms. The van der Waals surface area contributed by atoms with E-state index in [1.54, 1.807) is 0 Å². The van der Waals surface area contributed by atoms with Crippen molar-refractivity contribution in [2.24, 2.45) is 0 Å². The summed E-state index contributed by atoms with van der Waals surface area (Å²) in [4.78, 5) is 7.87. The van der Waals surface area contributed by atoms with Crippen molar-refractivity contribution in [1.82, 2.24) is 0 Å². The van der Waals surface area contributed by atoms with E-state index in [4.69, 9.17) is 0 Å². The third-order valence-corrected chi connectivity index (χ3v) is 18.2. The van der Waals surface area contributed by atoms with Crippen LogP contribution in [0.3, 0.4) is 0 Å². The van der Waals surface area contributed by atoms with E-state index in [1.165, 1.54) is 95.0 Å². The van der Waals surface area contributed by atoms with E-state index >= 15 is 0 Å². The van der Waals surface area contributed by atoms with Crippen LogP contribution in [-0.4, -0.2) is 6.71 Å². The average molecular weight is 946 g/mol. The predicted octanol–water partition coefficient (Wildman–Crippen LogP) is 16.7. The van der Waals surface area contributed by atoms with E-state index in [-0.39, 0.29) is 44.6 Å². The molecule has 2 heterocycles. The highest BCUT2D eigenvalue weighted by Crippen LogP contribution is 2.57. The SMILES string of the molecule is Cc1cc2c(cc1N1c3cc(N(c4ccccc4)c4ccccc4)ccc3B3c4cc5c(cc4N(c4ccc6c(c4)C(C)(C)CC6(C)C)c4cc(C(C)(C)C)cc1c43)C(C)(C)CC5(C)C)C(C)(C)CC2(C)C. The van der Waals surface area contributed by atoms with Crippen LogP contribution in [0.1, 0.15) is 168 Å². The highest BCUT2D eigenvalue weighted by Gasteiger charge is 2.50. The van der Waals surface area contributed by atoms with Gasteiger partial charge in [0.15, 0.2) is 0 Å². The van der Waals surface area contributed by atoms with Crippen molar-refractivity contribution in [3.8, 4) is 0 Å². The number of nitrogens with zero attached hydrogens (tertiary/aromatic N) is 3. The predicted molar refractivity (Wildman–Crippen MR) is 311 cm³/mol. The molecule has 0 radical (unpaired) electrons. The van der Waals surface area contributed by atoms with E-state index in [9.17, 15) is 0 Å². The normalized spacial score (nSPS) is 19.5. The number of para-hydroxylation sites is 2. The Kier molecular flexibility index (Phi) is 9.83. The molecule has 7 aromatic rings. The minimum absolute atomic E-state index is 0.00260. The van der Waals surface area contributed by atoms with Crippen LogP contribution in [0.2, 0.25) is 0 Å². The summed E-state index contributed by atoms with van der Waals surface area (Å²) in [6.07, 6.45) is 3.37. The summed E-state index contributed by atoms with van der Waals surface area (Å²) in [7, 11) is 0. The molecule has 0 N–H and O–H groups in total. The lowest BCUT2D eigenvalue weighted by atomic mass is 9.33. The fourth-order valence-corrected chi connectivity index (χ4v) is 15.6. The Morgan fingerprint density at radius 2 is 0.861 bits per heavy atom. The molecule has 3 nitrogen and oxygen atoms in total. The third kappa shape index (κ3) is 6.89. The molecule has 4 heteroatoms. The standard InChI is InChI=1S/C68H76BN3/c1-42-31-49-52(67(13,14)40-64(49,7)8)37-56(42)72-57-35-47(70(44-23-19-17-20-24-44)45-25-21-18-22-26-45)28-30-54(57)69-55-36-51-53(68(15,16)41-66(51,11)12)38-58(55)71(59-32-43(62(2,3)4)33-60(72)61(59)69)46-27-29-48-50(34-46)65(9,10)39-63(48,5)6/h17-38H,39-41H2,1-16H3. The van der Waals surface area contributed by atoms with Gasteiger partial charge in [0.25, 0.3) is 6.71 Å². The number of hydrogen-bond donors (Lipinski definition) is 0. The van der Waals surface area contributed by atoms with Gasteiger partial charge in [0.1, 0.15) is 0 Å². The van der Waals surface area contributed by atoms with Crippen LogP contribution in [0.4, 0.5) is 51.2 Å². The largest absolute Gasteiger partial charge is 0.311 e. The summed E-state index contributed by atoms with van der Waals surface area (Å²) in [6, 6.07) is 52.5. The van der Waals surface area contributed by atoms with Crippen molar-refractivity contribution in [3.05, 3.63) is 178 Å². The molecule has 5 aliphatic rings. The summed E-state index contributed by atoms with van der Waals surface area (Å²) in [5.41, 5.74) is 27.0. The van der Waals surface area contributed by atoms with Gasteiger partial charge in [-0.2, -0.15) is 0 Å². The summed E-state index contributed by atoms with van der Waals surface area (Å²) < 4.78 is 0. The molecule has 0 atom stereocenters. The van der Waals surface area contributed by atoms with Crippen molar-refractivity contribution in [2.45, 2.75) is 168 Å². The second-order valence-electron chi connectivity index (χ2n) is 27.7. The molecule has 72 heavy (non-hydrogen) atoms. The molecule has 0 unspecified atom stereocenters. The lowest BCUT2D eigenvalue weighted by molar-refractivity contribution is 0.402. The van der Waals surface area contributed by atoms with Gasteiger partial charge in [-0.05, 0) is 198 Å². The molecule has 0 saturated heterocycles. The fraction of sp³-hybridized carbons (Fsp3) is 0.382. The Labute approximate surface area is 432 Å². The number of rotatable bonds is 5. The number of fused-ring (bicyclic) bond motifs is 7. The Morgan fingerprint density at radius 1 is 0.403 bits per heavy atom. The quantitative estimate of drug-likeness (QED) is 0.159. The number of hydrogen-bond acceptors (Lipinski definition) is 3. The van der Waals surface area contributed by atoms with E-state index in [2.05, 4.69) is 259 Å². The first kappa shape index (κ1) is 47.0. The zero-order valence-corrected chi connectivity index (χ0v) is 46.2. The van der Waals surface area contributed by atoms with Crippen LogP contribution in [0.5, 0.6) is 0 Å². The lowest BCUT2D eigenvalue weighted by Gasteiger charge is -2.46. The summed E-state index contributed by atoms with van der Waals surface area (Å²) in [5, 5.41) is 0. The maximum absolute atomic E-state index is 2.72. The molecule has 366 valence electrons. The van der Waals surface area contributed by atoms with Gasteiger partial charge in [-0.25, -0.2) is 0 Å². The molecule has 3 aliphatic carbocycles. The number of anilines is 9. The lowest BCUT2D eigenvalue weighted by Crippen LogP contribution is -2.61. The van der Waals surface area contributed by atoms with Gasteiger partial charge in [-0.15, -0.1) is 0 Å². The zero-order valence-electron chi connectivity index (χ0n) is 46.2. The molecule has 0 saturated carbocycles. The topological polar surface area (TPSA) is 9.72 Å². The van der Waals surface area contributed by atoms with Crippen LogP contribution in [-0.2, 0) is 37.9 Å². The van der Waals surface area contributed by atoms with Gasteiger partial charge in [-0.3, -0.25) is 0 Å². The number of aryl methyl sites for hydroxylation is 1. The Morgan fingerprint density at radius 3 is 1.40 bits per heavy atom. The third-order valence-electron chi connectivity index (χ3n) is 18.2. The van der Waals surface area contributed by atoms with Gasteiger partial charge in [0.05, 0.1) is 0 Å². The van der Waals surface area contributed by atoms with Crippen LogP contribution >= 0.6 is 0 Å². The van der Waals surface area contributed by atoms with Crippen molar-refractivity contribution in [2.75, 3.05) is 14.7 Å². The molecule has 2 aliphatic heterocycles. The van der Waals surface area contributed by atoms with Crippen LogP contribution in [0.15, 0.2) is 133 Å². The van der Waals surface area contributed by atoms with E-state index in [1.807, 2.05) is 0 Å². The smallest absolute Gasteiger partial charge is 0.252 e. The highest BCUT2D eigenvalue weighted by atomic mass is 15.2. The minimum atomic E-state index is -0.134. The molecule has 0 aromatic heterocycles. The first-order chi connectivity index (χ1) is 33.7. The van der Waals surface area contributed by atoms with Crippen LogP contribution < -0.4 is 31.1 Å². The van der Waals surface area contributed by atoms with Crippen molar-refractivity contribution in [3.63, 3.8) is 0 Å². The molecular formula is C68H76BN3. The van der Waals surface area contributed by atoms with Crippen molar-refractivity contribution in [1.29, 1.82) is 0 Å². The van der Waals surface area contributed by atoms with Gasteiger partial charge in [-0.1, -0.05) is 165 Å². The van der Waals surface area contributed by atoms with Gasteiger partial charge in [0.2, 0.25) is 0 Å². The summed E-state index contributed by atoms with van der Waals surface area (Å²) in [6.45, 7) is 39.1. The van der Waals surface area contributed by atoms with Crippen molar-refractivity contribution < 1.29 is 0 Å². The first-order valence-corrected chi connectivity index (χ1v) is 27.0. The Hall–Kier alpha value is -6.00. The maximum Gasteiger partial charge on any atom is 0.252 e. The van der Waals surface area contributed by atoms with Gasteiger partial charge < -0.3 is 14.7 Å². The Bertz CT molecular complexity index is 3360. The highest BCUT2D eigenvalue weighted by molar-refractivity contribution is 7.00. The van der Waals surface area contributed by atoms with Crippen LogP contribution in [0.25, 0.3) is 0 Å². The molecule has 12 rings (SSSR count). The molecular weight excluding hydrogens is 870 g/mol. The summed E-state index contributed by atoms with van der Waals surface area (Å²) in [5.74, 6) is 0. The molecule has 0 amide bonds. The second-order valence-corrected chi connectivity index (χ2v) is 27.7. The van der Waals surface area contributed by atoms with E-state index in [0.717, 1.165) is 36.3 Å². The van der Waals surface area contributed by atoms with Gasteiger partial charge in [0, 0.05) is 51.2 Å². The van der Waals surface area contributed by atoms with Gasteiger partial charge >= 0.3 is 0 Å². The fourth-order valence-electron chi connectivity index (χ4n) is 15.6. The minimum Gasteiger partial charge on any atom is -0.311 e. The van der Waals surface area contributed by atoms with E-state index in [0.29, 0.717) is 0 Å². The zero-order chi connectivity index (χ0) is 51.0. The Balaban J connectivity index is 1.22. The van der Waals surface area contributed by atoms with Crippen molar-refractivity contribution >= 4 is 74.3 Å². The number of benzene rings is 7. The van der Waals surface area contributed by atoms with E-state index < -0.39 is 0 Å². The average Bonchev–Trinajstić information content (AvgIpc) is 3.70. The first-order valence-electron chi connectivity index (χ1n) is 27.0.